The molecule has 2 aromatic rings. The molecule has 0 bridgehead atoms. The number of aromatic nitrogens is 1. The molecule has 1 unspecified atom stereocenters. The zero-order valence-electron chi connectivity index (χ0n) is 21.5. The smallest absolute Gasteiger partial charge is 0.361 e. The van der Waals surface area contributed by atoms with Crippen LogP contribution in [0.25, 0.3) is 0 Å². The van der Waals surface area contributed by atoms with E-state index in [1.54, 1.807) is 4.90 Å². The van der Waals surface area contributed by atoms with Gasteiger partial charge < -0.3 is 25.1 Å². The number of anilines is 2. The van der Waals surface area contributed by atoms with E-state index in [1.807, 2.05) is 0 Å². The van der Waals surface area contributed by atoms with Crippen LogP contribution < -0.4 is 15.1 Å². The summed E-state index contributed by atoms with van der Waals surface area (Å²) in [6.07, 6.45) is -5.51. The SMILES string of the molecule is Cc1cc(C(F)(F)F)cc(N2C(O)N(CCCN3CCNCC3)C[C@H]2C(=O)N(C)c2ccc(F)c(Cl)c2F)n1. The molecule has 4 rings (SSSR count). The van der Waals surface area contributed by atoms with Crippen molar-refractivity contribution >= 4 is 29.0 Å². The zero-order chi connectivity index (χ0) is 28.5. The Hall–Kier alpha value is -2.58. The van der Waals surface area contributed by atoms with Crippen molar-refractivity contribution in [3.05, 3.63) is 52.2 Å². The van der Waals surface area contributed by atoms with Crippen molar-refractivity contribution in [2.24, 2.45) is 0 Å². The van der Waals surface area contributed by atoms with E-state index in [0.717, 1.165) is 66.8 Å². The first-order valence-electron chi connectivity index (χ1n) is 12.5. The van der Waals surface area contributed by atoms with Crippen LogP contribution in [-0.4, -0.2) is 91.1 Å². The summed E-state index contributed by atoms with van der Waals surface area (Å²) >= 11 is 5.69. The number of hydrogen-bond acceptors (Lipinski definition) is 7. The third kappa shape index (κ3) is 6.43. The van der Waals surface area contributed by atoms with Gasteiger partial charge in [0.05, 0.1) is 11.3 Å². The average molecular weight is 577 g/mol. The number of aliphatic hydroxyl groups excluding tert-OH is 1. The molecule has 0 spiro atoms. The van der Waals surface area contributed by atoms with Gasteiger partial charge in [-0.15, -0.1) is 0 Å². The van der Waals surface area contributed by atoms with Crippen molar-refractivity contribution in [3.8, 4) is 0 Å². The van der Waals surface area contributed by atoms with E-state index in [1.165, 1.54) is 14.0 Å². The normalized spacial score (nSPS) is 21.0. The number of nitrogens with zero attached hydrogens (tertiary/aromatic N) is 5. The number of nitrogens with one attached hydrogen (secondary N) is 1. The highest BCUT2D eigenvalue weighted by Crippen LogP contribution is 2.35. The highest BCUT2D eigenvalue weighted by atomic mass is 35.5. The first-order valence-corrected chi connectivity index (χ1v) is 12.9. The summed E-state index contributed by atoms with van der Waals surface area (Å²) in [6.45, 7) is 5.90. The number of carbonyl (C=O) groups is 1. The van der Waals surface area contributed by atoms with Crippen molar-refractivity contribution < 1.29 is 31.9 Å². The number of alkyl halides is 3. The first kappa shape index (κ1) is 29.4. The molecule has 14 heteroatoms. The second-order valence-corrected chi connectivity index (χ2v) is 10.0. The van der Waals surface area contributed by atoms with E-state index in [9.17, 15) is 31.9 Å². The fourth-order valence-electron chi connectivity index (χ4n) is 4.92. The van der Waals surface area contributed by atoms with Crippen molar-refractivity contribution in [2.45, 2.75) is 31.9 Å². The molecule has 2 N–H and O–H groups in total. The van der Waals surface area contributed by atoms with Crippen molar-refractivity contribution in [3.63, 3.8) is 0 Å². The maximum absolute atomic E-state index is 14.7. The highest BCUT2D eigenvalue weighted by molar-refractivity contribution is 6.31. The molecule has 2 aliphatic rings. The Balaban J connectivity index is 1.63. The molecule has 1 amide bonds. The van der Waals surface area contributed by atoms with Crippen LogP contribution in [0.4, 0.5) is 33.5 Å². The third-order valence-corrected chi connectivity index (χ3v) is 7.32. The molecule has 0 aliphatic carbocycles. The summed E-state index contributed by atoms with van der Waals surface area (Å²) in [4.78, 5) is 23.7. The first-order chi connectivity index (χ1) is 18.4. The maximum Gasteiger partial charge on any atom is 0.416 e. The van der Waals surface area contributed by atoms with E-state index in [2.05, 4.69) is 15.2 Å². The Labute approximate surface area is 227 Å². The van der Waals surface area contributed by atoms with Gasteiger partial charge in [-0.2, -0.15) is 13.2 Å². The molecule has 2 fully saturated rings. The van der Waals surface area contributed by atoms with Gasteiger partial charge in [0, 0.05) is 52.0 Å². The Morgan fingerprint density at radius 3 is 2.56 bits per heavy atom. The van der Waals surface area contributed by atoms with Crippen molar-refractivity contribution in [1.82, 2.24) is 20.1 Å². The van der Waals surface area contributed by atoms with Gasteiger partial charge in [-0.1, -0.05) is 11.6 Å². The number of hydrogen-bond donors (Lipinski definition) is 2. The van der Waals surface area contributed by atoms with E-state index in [0.29, 0.717) is 13.0 Å². The summed E-state index contributed by atoms with van der Waals surface area (Å²) in [7, 11) is 1.25. The number of aliphatic hydroxyl groups is 1. The summed E-state index contributed by atoms with van der Waals surface area (Å²) in [5.41, 5.74) is -1.25. The Kier molecular flexibility index (Phi) is 8.96. The standard InChI is InChI=1S/C25H30ClF5N6O2/c1-15-12-16(25(29,30)31)13-20(33-15)37-19(23(38)34(2)18-5-4-17(27)21(26)22(18)28)14-36(24(37)39)9-3-8-35-10-6-32-7-11-35/h4-5,12-13,19,24,32,39H,3,6-11,14H2,1-2H3/t19-,24?/m0/s1. The molecule has 1 aromatic carbocycles. The van der Waals surface area contributed by atoms with Gasteiger partial charge in [-0.25, -0.2) is 13.8 Å². The lowest BCUT2D eigenvalue weighted by molar-refractivity contribution is -0.137. The Morgan fingerprint density at radius 1 is 1.21 bits per heavy atom. The number of likely N-dealkylation sites (N-methyl/N-ethyl adjacent to an activating group) is 1. The summed E-state index contributed by atoms with van der Waals surface area (Å²) < 4.78 is 69.2. The van der Waals surface area contributed by atoms with Crippen LogP contribution in [-0.2, 0) is 11.0 Å². The fraction of sp³-hybridized carbons (Fsp3) is 0.520. The van der Waals surface area contributed by atoms with Crippen LogP contribution in [0.3, 0.4) is 0 Å². The predicted octanol–water partition coefficient (Wildman–Crippen LogP) is 3.07. The van der Waals surface area contributed by atoms with E-state index < -0.39 is 46.7 Å². The van der Waals surface area contributed by atoms with Gasteiger partial charge in [0.25, 0.3) is 5.91 Å². The molecule has 0 radical (unpaired) electrons. The minimum atomic E-state index is -4.68. The van der Waals surface area contributed by atoms with Gasteiger partial charge in [0.2, 0.25) is 0 Å². The number of piperazine rings is 1. The van der Waals surface area contributed by atoms with Gasteiger partial charge in [-0.05, 0) is 44.2 Å². The number of pyridine rings is 1. The van der Waals surface area contributed by atoms with E-state index in [4.69, 9.17) is 11.6 Å². The topological polar surface area (TPSA) is 75.2 Å². The molecule has 39 heavy (non-hydrogen) atoms. The van der Waals surface area contributed by atoms with E-state index >= 15 is 0 Å². The molecule has 1 aromatic heterocycles. The molecule has 8 nitrogen and oxygen atoms in total. The van der Waals surface area contributed by atoms with Crippen LogP contribution in [0.15, 0.2) is 24.3 Å². The van der Waals surface area contributed by atoms with Crippen LogP contribution in [0, 0.1) is 18.6 Å². The molecular formula is C25H30ClF5N6O2. The summed E-state index contributed by atoms with van der Waals surface area (Å²) in [6, 6.07) is 2.38. The Bertz CT molecular complexity index is 1200. The molecule has 2 saturated heterocycles. The number of rotatable bonds is 7. The lowest BCUT2D eigenvalue weighted by atomic mass is 10.1. The lowest BCUT2D eigenvalue weighted by Gasteiger charge is -2.31. The van der Waals surface area contributed by atoms with Gasteiger partial charge >= 0.3 is 6.18 Å². The van der Waals surface area contributed by atoms with Gasteiger partial charge in [0.1, 0.15) is 22.7 Å². The number of halogens is 6. The fourth-order valence-corrected chi connectivity index (χ4v) is 5.08. The van der Waals surface area contributed by atoms with Crippen molar-refractivity contribution in [2.75, 3.05) is 62.7 Å². The highest BCUT2D eigenvalue weighted by Gasteiger charge is 2.45. The molecular weight excluding hydrogens is 547 g/mol. The van der Waals surface area contributed by atoms with Crippen LogP contribution in [0.5, 0.6) is 0 Å². The summed E-state index contributed by atoms with van der Waals surface area (Å²) in [5, 5.41) is 13.7. The lowest BCUT2D eigenvalue weighted by Crippen LogP contribution is -2.49. The van der Waals surface area contributed by atoms with Crippen LogP contribution in [0.2, 0.25) is 5.02 Å². The molecule has 3 heterocycles. The Morgan fingerprint density at radius 2 is 1.90 bits per heavy atom. The van der Waals surface area contributed by atoms with Crippen LogP contribution in [0.1, 0.15) is 17.7 Å². The minimum absolute atomic E-state index is 0.0418. The van der Waals surface area contributed by atoms with Crippen molar-refractivity contribution in [1.29, 1.82) is 0 Å². The maximum atomic E-state index is 14.7. The second-order valence-electron chi connectivity index (χ2n) is 9.65. The third-order valence-electron chi connectivity index (χ3n) is 6.97. The number of amides is 1. The zero-order valence-corrected chi connectivity index (χ0v) is 22.2. The summed E-state index contributed by atoms with van der Waals surface area (Å²) in [5.74, 6) is -3.14. The van der Waals surface area contributed by atoms with Gasteiger partial charge in [0.15, 0.2) is 12.2 Å². The average Bonchev–Trinajstić information content (AvgIpc) is 3.22. The second kappa shape index (κ2) is 11.9. The minimum Gasteiger partial charge on any atom is -0.361 e. The van der Waals surface area contributed by atoms with Gasteiger partial charge in [-0.3, -0.25) is 9.69 Å². The number of benzene rings is 1. The largest absolute Gasteiger partial charge is 0.416 e. The molecule has 214 valence electrons. The van der Waals surface area contributed by atoms with E-state index in [-0.39, 0.29) is 23.7 Å². The number of aryl methyl sites for hydroxylation is 1. The number of carbonyl (C=O) groups excluding carboxylic acids is 1. The molecule has 0 saturated carbocycles. The monoisotopic (exact) mass is 576 g/mol. The molecule has 2 aliphatic heterocycles. The van der Waals surface area contributed by atoms with Crippen LogP contribution >= 0.6 is 11.6 Å². The molecule has 2 atom stereocenters. The quantitative estimate of drug-likeness (QED) is 0.388. The predicted molar refractivity (Wildman–Crippen MR) is 137 cm³/mol.